The number of nitrogens with one attached hydrogen (secondary N) is 1. The Kier molecular flexibility index (Phi) is 8.10. The Bertz CT molecular complexity index is 1060. The number of rotatable bonds is 7. The van der Waals surface area contributed by atoms with Crippen LogP contribution >= 0.6 is 0 Å². The number of fused-ring (bicyclic) bond motifs is 1. The smallest absolute Gasteiger partial charge is 0.416 e. The number of amides is 1. The fourth-order valence-electron chi connectivity index (χ4n) is 3.05. The third-order valence-corrected chi connectivity index (χ3v) is 4.42. The Balaban J connectivity index is 2.11. The van der Waals surface area contributed by atoms with Gasteiger partial charge in [0.25, 0.3) is 5.56 Å². The van der Waals surface area contributed by atoms with Crippen LogP contribution in [0.1, 0.15) is 46.6 Å². The molecule has 182 valence electrons. The number of carbonyl (C=O) groups is 2. The molecule has 1 N–H and O–H groups in total. The first-order valence-electron chi connectivity index (χ1n) is 10.4. The predicted molar refractivity (Wildman–Crippen MR) is 115 cm³/mol. The number of esters is 1. The van der Waals surface area contributed by atoms with Gasteiger partial charge in [-0.2, -0.15) is 13.2 Å². The number of ether oxygens (including phenoxy) is 2. The fourth-order valence-corrected chi connectivity index (χ4v) is 3.05. The van der Waals surface area contributed by atoms with Crippen molar-refractivity contribution in [1.82, 2.24) is 14.9 Å². The van der Waals surface area contributed by atoms with Crippen LogP contribution in [0.4, 0.5) is 18.0 Å². The average molecular weight is 471 g/mol. The van der Waals surface area contributed by atoms with Crippen molar-refractivity contribution in [2.24, 2.45) is 5.92 Å². The number of carbonyl (C=O) groups excluding carboxylic acids is 2. The number of alkyl carbamates (subject to hydrolysis) is 1. The Hall–Kier alpha value is -3.11. The van der Waals surface area contributed by atoms with E-state index >= 15 is 0 Å². The van der Waals surface area contributed by atoms with Crippen LogP contribution in [0.25, 0.3) is 11.0 Å². The summed E-state index contributed by atoms with van der Waals surface area (Å²) in [6, 6.07) is 1.90. The summed E-state index contributed by atoms with van der Waals surface area (Å²) in [5.74, 6) is -0.646. The van der Waals surface area contributed by atoms with Crippen molar-refractivity contribution >= 4 is 23.1 Å². The number of hydrogen-bond donors (Lipinski definition) is 1. The van der Waals surface area contributed by atoms with Gasteiger partial charge in [0.1, 0.15) is 18.2 Å². The summed E-state index contributed by atoms with van der Waals surface area (Å²) >= 11 is 0. The van der Waals surface area contributed by atoms with Crippen LogP contribution in [0.15, 0.2) is 29.2 Å². The second kappa shape index (κ2) is 10.2. The number of nitrogens with zero attached hydrogens (tertiary/aromatic N) is 2. The predicted octanol–water partition coefficient (Wildman–Crippen LogP) is 3.90. The summed E-state index contributed by atoms with van der Waals surface area (Å²) in [4.78, 5) is 40.6. The quantitative estimate of drug-likeness (QED) is 0.615. The van der Waals surface area contributed by atoms with E-state index in [1.54, 1.807) is 20.8 Å². The zero-order valence-corrected chi connectivity index (χ0v) is 19.2. The van der Waals surface area contributed by atoms with Crippen molar-refractivity contribution in [2.75, 3.05) is 6.61 Å². The number of alkyl halides is 3. The second-order valence-electron chi connectivity index (χ2n) is 8.95. The van der Waals surface area contributed by atoms with E-state index in [1.165, 1.54) is 4.57 Å². The maximum absolute atomic E-state index is 12.9. The van der Waals surface area contributed by atoms with E-state index < -0.39 is 41.0 Å². The summed E-state index contributed by atoms with van der Waals surface area (Å²) in [7, 11) is 0. The SMILES string of the molecule is CC(C)C[C@@H](NC(=O)OC(C)(C)C)C(=O)OCCn1c(=O)cnc2cc(C(F)(F)F)ccc21. The molecule has 1 atom stereocenters. The molecule has 33 heavy (non-hydrogen) atoms. The lowest BCUT2D eigenvalue weighted by Crippen LogP contribution is -2.45. The van der Waals surface area contributed by atoms with Crippen molar-refractivity contribution in [3.8, 4) is 0 Å². The molecule has 1 heterocycles. The lowest BCUT2D eigenvalue weighted by atomic mass is 10.0. The van der Waals surface area contributed by atoms with Crippen molar-refractivity contribution < 1.29 is 32.2 Å². The molecule has 0 radical (unpaired) electrons. The van der Waals surface area contributed by atoms with Crippen LogP contribution in [0.5, 0.6) is 0 Å². The van der Waals surface area contributed by atoms with Gasteiger partial charge in [-0.15, -0.1) is 0 Å². The Morgan fingerprint density at radius 2 is 1.85 bits per heavy atom. The number of benzene rings is 1. The van der Waals surface area contributed by atoms with E-state index in [-0.39, 0.29) is 30.1 Å². The minimum Gasteiger partial charge on any atom is -0.462 e. The highest BCUT2D eigenvalue weighted by molar-refractivity contribution is 5.81. The average Bonchev–Trinajstić information content (AvgIpc) is 2.66. The molecule has 1 aromatic heterocycles. The molecule has 1 amide bonds. The first kappa shape index (κ1) is 26.1. The van der Waals surface area contributed by atoms with Crippen LogP contribution in [0, 0.1) is 5.92 Å². The lowest BCUT2D eigenvalue weighted by Gasteiger charge is -2.23. The van der Waals surface area contributed by atoms with Gasteiger partial charge in [0.2, 0.25) is 0 Å². The van der Waals surface area contributed by atoms with E-state index in [9.17, 15) is 27.6 Å². The van der Waals surface area contributed by atoms with Gasteiger partial charge in [-0.3, -0.25) is 4.79 Å². The van der Waals surface area contributed by atoms with Crippen molar-refractivity contribution in [2.45, 2.75) is 65.4 Å². The minimum absolute atomic E-state index is 0.0139. The zero-order valence-electron chi connectivity index (χ0n) is 19.2. The van der Waals surface area contributed by atoms with Gasteiger partial charge in [-0.05, 0) is 51.3 Å². The van der Waals surface area contributed by atoms with Crippen molar-refractivity contribution in [3.05, 3.63) is 40.3 Å². The summed E-state index contributed by atoms with van der Waals surface area (Å²) in [6.45, 7) is 8.48. The van der Waals surface area contributed by atoms with Crippen LogP contribution in [0.2, 0.25) is 0 Å². The van der Waals surface area contributed by atoms with Gasteiger partial charge in [0.15, 0.2) is 0 Å². The van der Waals surface area contributed by atoms with E-state index in [0.29, 0.717) is 6.42 Å². The van der Waals surface area contributed by atoms with E-state index in [0.717, 1.165) is 24.4 Å². The molecule has 8 nitrogen and oxygen atoms in total. The van der Waals surface area contributed by atoms with Gasteiger partial charge in [0, 0.05) is 0 Å². The molecule has 0 saturated carbocycles. The monoisotopic (exact) mass is 471 g/mol. The molecule has 0 bridgehead atoms. The molecule has 1 aromatic carbocycles. The molecule has 2 rings (SSSR count). The molecule has 0 aliphatic heterocycles. The first-order chi connectivity index (χ1) is 15.2. The summed E-state index contributed by atoms with van der Waals surface area (Å²) in [6.07, 6.45) is -4.09. The summed E-state index contributed by atoms with van der Waals surface area (Å²) < 4.78 is 50.4. The summed E-state index contributed by atoms with van der Waals surface area (Å²) in [5, 5.41) is 2.49. The summed E-state index contributed by atoms with van der Waals surface area (Å²) in [5.41, 5.74) is -2.02. The highest BCUT2D eigenvalue weighted by Crippen LogP contribution is 2.30. The number of halogens is 3. The van der Waals surface area contributed by atoms with Crippen molar-refractivity contribution in [3.63, 3.8) is 0 Å². The second-order valence-corrected chi connectivity index (χ2v) is 8.95. The highest BCUT2D eigenvalue weighted by atomic mass is 19.4. The van der Waals surface area contributed by atoms with E-state index in [1.807, 2.05) is 13.8 Å². The van der Waals surface area contributed by atoms with Crippen LogP contribution in [0.3, 0.4) is 0 Å². The van der Waals surface area contributed by atoms with Gasteiger partial charge in [0.05, 0.1) is 29.3 Å². The van der Waals surface area contributed by atoms with Gasteiger partial charge < -0.3 is 19.4 Å². The maximum Gasteiger partial charge on any atom is 0.416 e. The third-order valence-electron chi connectivity index (χ3n) is 4.42. The fraction of sp³-hybridized carbons (Fsp3) is 0.545. The number of aromatic nitrogens is 2. The minimum atomic E-state index is -4.54. The molecule has 0 saturated heterocycles. The molecule has 11 heteroatoms. The topological polar surface area (TPSA) is 99.5 Å². The van der Waals surface area contributed by atoms with E-state index in [4.69, 9.17) is 9.47 Å². The normalized spacial score (nSPS) is 13.1. The number of hydrogen-bond acceptors (Lipinski definition) is 6. The molecule has 0 fully saturated rings. The maximum atomic E-state index is 12.9. The van der Waals surface area contributed by atoms with Gasteiger partial charge in [-0.25, -0.2) is 14.6 Å². The van der Waals surface area contributed by atoms with Crippen LogP contribution in [-0.2, 0) is 27.0 Å². The molecule has 0 aliphatic carbocycles. The molecular formula is C22H28F3N3O5. The zero-order chi connectivity index (χ0) is 25.0. The Labute approximate surface area is 189 Å². The first-order valence-corrected chi connectivity index (χ1v) is 10.4. The van der Waals surface area contributed by atoms with E-state index in [2.05, 4.69) is 10.3 Å². The molecule has 0 aliphatic rings. The third kappa shape index (κ3) is 7.76. The van der Waals surface area contributed by atoms with Crippen LogP contribution in [-0.4, -0.2) is 39.9 Å². The van der Waals surface area contributed by atoms with Gasteiger partial charge in [-0.1, -0.05) is 13.8 Å². The standard InChI is InChI=1S/C22H28F3N3O5/c1-13(2)10-16(27-20(31)33-21(3,4)5)19(30)32-9-8-28-17-7-6-14(22(23,24)25)11-15(17)26-12-18(28)29/h6-7,11-13,16H,8-10H2,1-5H3,(H,27,31)/t16-/m1/s1. The lowest BCUT2D eigenvalue weighted by molar-refractivity contribution is -0.147. The van der Waals surface area contributed by atoms with Gasteiger partial charge >= 0.3 is 18.2 Å². The largest absolute Gasteiger partial charge is 0.462 e. The molecule has 2 aromatic rings. The molecular weight excluding hydrogens is 443 g/mol. The van der Waals surface area contributed by atoms with Crippen molar-refractivity contribution in [1.29, 1.82) is 0 Å². The van der Waals surface area contributed by atoms with Crippen LogP contribution < -0.4 is 10.9 Å². The Morgan fingerprint density at radius 3 is 2.42 bits per heavy atom. The Morgan fingerprint density at radius 1 is 1.18 bits per heavy atom. The molecule has 0 spiro atoms. The molecule has 0 unspecified atom stereocenters. The highest BCUT2D eigenvalue weighted by Gasteiger charge is 2.31.